The number of rotatable bonds is 7. The SMILES string of the molecule is CC(C)c1nc2c(C(=O)NS(=O)(=O)c3ccccc3)cccc2n1Cc1ccc(-c2ccccc2)cc1.[H-].[K+]. The van der Waals surface area contributed by atoms with Crippen molar-refractivity contribution in [1.82, 2.24) is 14.3 Å². The molecule has 0 unspecified atom stereocenters. The molecule has 1 amide bonds. The molecule has 1 aromatic heterocycles. The maximum absolute atomic E-state index is 13.1. The van der Waals surface area contributed by atoms with Gasteiger partial charge in [0.2, 0.25) is 0 Å². The molecule has 0 aliphatic heterocycles. The van der Waals surface area contributed by atoms with Gasteiger partial charge < -0.3 is 5.99 Å². The molecule has 4 aromatic carbocycles. The van der Waals surface area contributed by atoms with Gasteiger partial charge in [-0.15, -0.1) is 0 Å². The van der Waals surface area contributed by atoms with Crippen LogP contribution in [0.3, 0.4) is 0 Å². The Labute approximate surface area is 267 Å². The summed E-state index contributed by atoms with van der Waals surface area (Å²) < 4.78 is 29.8. The third kappa shape index (κ3) is 6.01. The Bertz CT molecular complexity index is 1670. The van der Waals surface area contributed by atoms with Crippen LogP contribution in [-0.2, 0) is 16.6 Å². The van der Waals surface area contributed by atoms with Crippen molar-refractivity contribution in [3.63, 3.8) is 0 Å². The molecule has 0 spiro atoms. The van der Waals surface area contributed by atoms with E-state index in [2.05, 4.69) is 59.5 Å². The first-order chi connectivity index (χ1) is 17.8. The zero-order chi connectivity index (χ0) is 26.0. The van der Waals surface area contributed by atoms with Crippen molar-refractivity contribution in [3.8, 4) is 11.1 Å². The number of nitrogens with zero attached hydrogens (tertiary/aromatic N) is 2. The average molecular weight is 550 g/mol. The number of carbonyl (C=O) groups excluding carboxylic acids is 1. The van der Waals surface area contributed by atoms with Crippen molar-refractivity contribution in [1.29, 1.82) is 0 Å². The minimum Gasteiger partial charge on any atom is -1.00 e. The molecule has 8 heteroatoms. The topological polar surface area (TPSA) is 81.1 Å². The number of benzene rings is 4. The minimum absolute atomic E-state index is 0. The Kier molecular flexibility index (Phi) is 9.02. The Morgan fingerprint density at radius 1 is 0.842 bits per heavy atom. The molecule has 0 radical (unpaired) electrons. The molecule has 5 rings (SSSR count). The zero-order valence-corrected chi connectivity index (χ0v) is 25.6. The van der Waals surface area contributed by atoms with E-state index in [1.165, 1.54) is 12.1 Å². The molecule has 1 N–H and O–H groups in total. The molecule has 6 nitrogen and oxygen atoms in total. The fraction of sp³-hybridized carbons (Fsp3) is 0.133. The number of nitrogens with one attached hydrogen (secondary N) is 1. The third-order valence-electron chi connectivity index (χ3n) is 6.25. The van der Waals surface area contributed by atoms with E-state index in [-0.39, 0.29) is 69.2 Å². The van der Waals surface area contributed by atoms with Crippen molar-refractivity contribution in [3.05, 3.63) is 120 Å². The smallest absolute Gasteiger partial charge is 1.00 e. The molecule has 38 heavy (non-hydrogen) atoms. The van der Waals surface area contributed by atoms with Gasteiger partial charge in [0, 0.05) is 12.5 Å². The van der Waals surface area contributed by atoms with Crippen LogP contribution >= 0.6 is 0 Å². The van der Waals surface area contributed by atoms with E-state index in [1.807, 2.05) is 24.3 Å². The van der Waals surface area contributed by atoms with Crippen molar-refractivity contribution >= 4 is 27.0 Å². The van der Waals surface area contributed by atoms with Gasteiger partial charge in [-0.1, -0.05) is 92.7 Å². The molecule has 188 valence electrons. The Balaban J connectivity index is 0.00000210. The molecule has 0 saturated heterocycles. The number of sulfonamides is 1. The zero-order valence-electron chi connectivity index (χ0n) is 22.6. The second kappa shape index (κ2) is 12.1. The summed E-state index contributed by atoms with van der Waals surface area (Å²) in [6, 6.07) is 31.7. The van der Waals surface area contributed by atoms with Gasteiger partial charge in [-0.3, -0.25) is 4.79 Å². The number of imidazole rings is 1. The van der Waals surface area contributed by atoms with Crippen molar-refractivity contribution in [2.75, 3.05) is 0 Å². The van der Waals surface area contributed by atoms with E-state index in [0.717, 1.165) is 28.0 Å². The van der Waals surface area contributed by atoms with E-state index < -0.39 is 15.9 Å². The number of fused-ring (bicyclic) bond motifs is 1. The molecule has 0 atom stereocenters. The average Bonchev–Trinajstić information content (AvgIpc) is 3.28. The summed E-state index contributed by atoms with van der Waals surface area (Å²) in [5.41, 5.74) is 4.88. The summed E-state index contributed by atoms with van der Waals surface area (Å²) in [6.07, 6.45) is 0. The summed E-state index contributed by atoms with van der Waals surface area (Å²) >= 11 is 0. The van der Waals surface area contributed by atoms with Crippen LogP contribution in [-0.4, -0.2) is 23.9 Å². The molecule has 0 aliphatic rings. The van der Waals surface area contributed by atoms with Crippen LogP contribution in [0, 0.1) is 0 Å². The fourth-order valence-electron chi connectivity index (χ4n) is 4.41. The van der Waals surface area contributed by atoms with Gasteiger partial charge >= 0.3 is 51.4 Å². The number of para-hydroxylation sites is 1. The number of carbonyl (C=O) groups is 1. The standard InChI is InChI=1S/C30H27N3O3S.K.H/c1-21(2)29-31-28-26(30(34)32-37(35,36)25-12-7-4-8-13-25)14-9-15-27(28)33(29)20-22-16-18-24(19-17-22)23-10-5-3-6-11-23;;/h3-19,21H,20H2,1-2H3,(H,32,34);;/q;+1;-1. The van der Waals surface area contributed by atoms with E-state index in [9.17, 15) is 13.2 Å². The van der Waals surface area contributed by atoms with Gasteiger partial charge in [-0.05, 0) is 41.0 Å². The molecule has 5 aromatic rings. The molecule has 1 heterocycles. The first kappa shape index (κ1) is 28.4. The van der Waals surface area contributed by atoms with Crippen molar-refractivity contribution in [2.24, 2.45) is 0 Å². The largest absolute Gasteiger partial charge is 1.00 e. The second-order valence-electron chi connectivity index (χ2n) is 9.19. The fourth-order valence-corrected chi connectivity index (χ4v) is 5.39. The maximum atomic E-state index is 13.1. The predicted molar refractivity (Wildman–Crippen MR) is 147 cm³/mol. The maximum Gasteiger partial charge on any atom is 1.00 e. The summed E-state index contributed by atoms with van der Waals surface area (Å²) in [7, 11) is -4.01. The minimum atomic E-state index is -4.01. The van der Waals surface area contributed by atoms with Gasteiger partial charge in [-0.25, -0.2) is 18.1 Å². The van der Waals surface area contributed by atoms with E-state index in [0.29, 0.717) is 12.1 Å². The molecule has 0 fully saturated rings. The first-order valence-electron chi connectivity index (χ1n) is 12.1. The Morgan fingerprint density at radius 2 is 1.45 bits per heavy atom. The monoisotopic (exact) mass is 549 g/mol. The van der Waals surface area contributed by atoms with Gasteiger partial charge in [0.1, 0.15) is 11.3 Å². The van der Waals surface area contributed by atoms with Gasteiger partial charge in [0.15, 0.2) is 0 Å². The number of aromatic nitrogens is 2. The molecular formula is C30H28KN3O3S. The van der Waals surface area contributed by atoms with E-state index in [4.69, 9.17) is 4.98 Å². The number of hydrogen-bond donors (Lipinski definition) is 1. The van der Waals surface area contributed by atoms with Gasteiger partial charge in [0.05, 0.1) is 16.0 Å². The van der Waals surface area contributed by atoms with Crippen LogP contribution in [0.5, 0.6) is 0 Å². The van der Waals surface area contributed by atoms with Crippen molar-refractivity contribution in [2.45, 2.75) is 31.2 Å². The quantitative estimate of drug-likeness (QED) is 0.317. The molecular weight excluding hydrogens is 522 g/mol. The van der Waals surface area contributed by atoms with Gasteiger partial charge in [0.25, 0.3) is 15.9 Å². The first-order valence-corrected chi connectivity index (χ1v) is 13.6. The van der Waals surface area contributed by atoms with E-state index in [1.54, 1.807) is 30.3 Å². The third-order valence-corrected chi connectivity index (χ3v) is 7.60. The molecule has 0 saturated carbocycles. The molecule has 0 aliphatic carbocycles. The van der Waals surface area contributed by atoms with Crippen LogP contribution in [0.4, 0.5) is 0 Å². The summed E-state index contributed by atoms with van der Waals surface area (Å²) in [6.45, 7) is 4.68. The van der Waals surface area contributed by atoms with Crippen LogP contribution in [0.1, 0.15) is 42.9 Å². The summed E-state index contributed by atoms with van der Waals surface area (Å²) in [5, 5.41) is 0. The van der Waals surface area contributed by atoms with Crippen LogP contribution in [0.2, 0.25) is 0 Å². The Hall–Kier alpha value is -2.59. The van der Waals surface area contributed by atoms with Crippen LogP contribution in [0.15, 0.2) is 108 Å². The normalized spacial score (nSPS) is 11.3. The van der Waals surface area contributed by atoms with Crippen LogP contribution in [0.25, 0.3) is 22.2 Å². The predicted octanol–water partition coefficient (Wildman–Crippen LogP) is 3.11. The molecule has 0 bridgehead atoms. The summed E-state index contributed by atoms with van der Waals surface area (Å²) in [4.78, 5) is 18.0. The van der Waals surface area contributed by atoms with Crippen LogP contribution < -0.4 is 56.1 Å². The van der Waals surface area contributed by atoms with E-state index >= 15 is 0 Å². The number of amides is 1. The number of hydrogen-bond acceptors (Lipinski definition) is 4. The van der Waals surface area contributed by atoms with Gasteiger partial charge in [-0.2, -0.15) is 0 Å². The van der Waals surface area contributed by atoms with Crippen molar-refractivity contribution < 1.29 is 66.0 Å². The second-order valence-corrected chi connectivity index (χ2v) is 10.9. The summed E-state index contributed by atoms with van der Waals surface area (Å²) in [5.74, 6) is 0.217. The Morgan fingerprint density at radius 3 is 2.08 bits per heavy atom.